The van der Waals surface area contributed by atoms with Gasteiger partial charge in [0.1, 0.15) is 18.2 Å². The predicted octanol–water partition coefficient (Wildman–Crippen LogP) is 5.74. The second-order valence-corrected chi connectivity index (χ2v) is 9.49. The lowest BCUT2D eigenvalue weighted by Crippen LogP contribution is -2.45. The summed E-state index contributed by atoms with van der Waals surface area (Å²) in [6.07, 6.45) is 5.27. The molecule has 3 aromatic rings. The molecule has 36 heavy (non-hydrogen) atoms. The van der Waals surface area contributed by atoms with Crippen LogP contribution in [0.5, 0.6) is 0 Å². The Bertz CT molecular complexity index is 1130. The molecule has 0 aliphatic rings. The maximum atomic E-state index is 13.4. The van der Waals surface area contributed by atoms with Gasteiger partial charge in [-0.15, -0.1) is 0 Å². The first-order valence-electron chi connectivity index (χ1n) is 13.1. The standard InChI is InChI=1S/C29H39FN4O2/c1-5-21(3)34(22(4)6-2)28(35)20-33-26-13-10-9-12-25(26)32-27(33)14-8-7-11-19-31-29(36)23-15-17-24(30)18-16-23/h9-10,12-13,15-18,21-22H,5-8,11,14,19-20H2,1-4H3,(H,31,36). The van der Waals surface area contributed by atoms with Gasteiger partial charge in [-0.3, -0.25) is 9.59 Å². The molecule has 1 N–H and O–H groups in total. The lowest BCUT2D eigenvalue weighted by atomic mass is 10.1. The number of carbonyl (C=O) groups excluding carboxylic acids is 2. The molecule has 2 atom stereocenters. The van der Waals surface area contributed by atoms with Gasteiger partial charge in [-0.05, 0) is 75.9 Å². The van der Waals surface area contributed by atoms with E-state index in [0.717, 1.165) is 55.4 Å². The fraction of sp³-hybridized carbons (Fsp3) is 0.483. The third-order valence-electron chi connectivity index (χ3n) is 6.92. The first-order valence-corrected chi connectivity index (χ1v) is 13.1. The number of para-hydroxylation sites is 2. The van der Waals surface area contributed by atoms with E-state index in [-0.39, 0.29) is 36.3 Å². The number of unbranched alkanes of at least 4 members (excludes halogenated alkanes) is 2. The van der Waals surface area contributed by atoms with E-state index in [4.69, 9.17) is 4.98 Å². The van der Waals surface area contributed by atoms with Crippen molar-refractivity contribution in [1.29, 1.82) is 0 Å². The van der Waals surface area contributed by atoms with Gasteiger partial charge in [0.05, 0.1) is 11.0 Å². The minimum Gasteiger partial charge on any atom is -0.352 e. The predicted molar refractivity (Wildman–Crippen MR) is 142 cm³/mol. The highest BCUT2D eigenvalue weighted by Gasteiger charge is 2.25. The molecular formula is C29H39FN4O2. The van der Waals surface area contributed by atoms with Crippen LogP contribution in [0.15, 0.2) is 48.5 Å². The van der Waals surface area contributed by atoms with E-state index in [1.807, 2.05) is 29.2 Å². The SMILES string of the molecule is CCC(C)N(C(=O)Cn1c(CCCCCNC(=O)c2ccc(F)cc2)nc2ccccc21)C(C)CC. The van der Waals surface area contributed by atoms with Crippen LogP contribution in [0, 0.1) is 5.82 Å². The fourth-order valence-electron chi connectivity index (χ4n) is 4.52. The Morgan fingerprint density at radius 1 is 0.972 bits per heavy atom. The third-order valence-corrected chi connectivity index (χ3v) is 6.92. The van der Waals surface area contributed by atoms with Crippen molar-refractivity contribution < 1.29 is 14.0 Å². The number of amides is 2. The van der Waals surface area contributed by atoms with E-state index < -0.39 is 0 Å². The molecule has 0 spiro atoms. The van der Waals surface area contributed by atoms with Crippen molar-refractivity contribution in [3.63, 3.8) is 0 Å². The van der Waals surface area contributed by atoms with Crippen molar-refractivity contribution in [3.05, 3.63) is 65.7 Å². The highest BCUT2D eigenvalue weighted by atomic mass is 19.1. The van der Waals surface area contributed by atoms with Gasteiger partial charge < -0.3 is 14.8 Å². The van der Waals surface area contributed by atoms with Crippen molar-refractivity contribution in [2.45, 2.75) is 84.8 Å². The Hall–Kier alpha value is -3.22. The minimum absolute atomic E-state index is 0.131. The van der Waals surface area contributed by atoms with Crippen molar-refractivity contribution in [3.8, 4) is 0 Å². The topological polar surface area (TPSA) is 67.2 Å². The molecule has 0 saturated carbocycles. The van der Waals surface area contributed by atoms with E-state index in [0.29, 0.717) is 12.1 Å². The molecule has 2 unspecified atom stereocenters. The molecule has 0 radical (unpaired) electrons. The normalized spacial score (nSPS) is 12.9. The summed E-state index contributed by atoms with van der Waals surface area (Å²) in [5.41, 5.74) is 2.35. The molecule has 194 valence electrons. The summed E-state index contributed by atoms with van der Waals surface area (Å²) in [5, 5.41) is 2.89. The molecule has 3 rings (SSSR count). The number of fused-ring (bicyclic) bond motifs is 1. The quantitative estimate of drug-likeness (QED) is 0.308. The van der Waals surface area contributed by atoms with Crippen molar-refractivity contribution in [1.82, 2.24) is 19.8 Å². The van der Waals surface area contributed by atoms with Crippen molar-refractivity contribution in [2.75, 3.05) is 6.54 Å². The molecule has 0 bridgehead atoms. The van der Waals surface area contributed by atoms with Crippen molar-refractivity contribution >= 4 is 22.8 Å². The monoisotopic (exact) mass is 494 g/mol. The number of benzene rings is 2. The molecule has 2 amide bonds. The van der Waals surface area contributed by atoms with E-state index in [1.165, 1.54) is 24.3 Å². The highest BCUT2D eigenvalue weighted by Crippen LogP contribution is 2.20. The summed E-state index contributed by atoms with van der Waals surface area (Å²) in [4.78, 5) is 32.5. The number of imidazole rings is 1. The Balaban J connectivity index is 1.59. The van der Waals surface area contributed by atoms with Gasteiger partial charge in [0.2, 0.25) is 5.91 Å². The van der Waals surface area contributed by atoms with Crippen LogP contribution in [0.3, 0.4) is 0 Å². The van der Waals surface area contributed by atoms with Crippen LogP contribution in [0.1, 0.15) is 76.0 Å². The zero-order valence-corrected chi connectivity index (χ0v) is 22.0. The number of halogens is 1. The number of aromatic nitrogens is 2. The van der Waals surface area contributed by atoms with E-state index in [1.54, 1.807) is 0 Å². The molecule has 0 aliphatic heterocycles. The minimum atomic E-state index is -0.355. The van der Waals surface area contributed by atoms with Crippen LogP contribution in [0.2, 0.25) is 0 Å². The summed E-state index contributed by atoms with van der Waals surface area (Å²) in [7, 11) is 0. The van der Waals surface area contributed by atoms with Gasteiger partial charge in [0.15, 0.2) is 0 Å². The van der Waals surface area contributed by atoms with Gasteiger partial charge >= 0.3 is 0 Å². The van der Waals surface area contributed by atoms with E-state index >= 15 is 0 Å². The molecule has 0 saturated heterocycles. The zero-order valence-electron chi connectivity index (χ0n) is 22.0. The number of nitrogens with one attached hydrogen (secondary N) is 1. The first-order chi connectivity index (χ1) is 17.3. The van der Waals surface area contributed by atoms with Crippen LogP contribution >= 0.6 is 0 Å². The molecule has 1 aromatic heterocycles. The van der Waals surface area contributed by atoms with Crippen molar-refractivity contribution in [2.24, 2.45) is 0 Å². The molecule has 1 heterocycles. The van der Waals surface area contributed by atoms with Gasteiger partial charge in [-0.2, -0.15) is 0 Å². The molecule has 6 nitrogen and oxygen atoms in total. The second-order valence-electron chi connectivity index (χ2n) is 9.49. The zero-order chi connectivity index (χ0) is 26.1. The van der Waals surface area contributed by atoms with E-state index in [2.05, 4.69) is 37.6 Å². The Kier molecular flexibility index (Phi) is 10.0. The maximum Gasteiger partial charge on any atom is 0.251 e. The lowest BCUT2D eigenvalue weighted by Gasteiger charge is -2.34. The van der Waals surface area contributed by atoms with Crippen LogP contribution in [-0.2, 0) is 17.8 Å². The smallest absolute Gasteiger partial charge is 0.251 e. The second kappa shape index (κ2) is 13.2. The summed E-state index contributed by atoms with van der Waals surface area (Å²) in [6, 6.07) is 13.9. The largest absolute Gasteiger partial charge is 0.352 e. The maximum absolute atomic E-state index is 13.4. The number of hydrogen-bond acceptors (Lipinski definition) is 3. The number of hydrogen-bond donors (Lipinski definition) is 1. The van der Waals surface area contributed by atoms with Gasteiger partial charge in [0.25, 0.3) is 5.91 Å². The summed E-state index contributed by atoms with van der Waals surface area (Å²) in [6.45, 7) is 9.32. The average molecular weight is 495 g/mol. The summed E-state index contributed by atoms with van der Waals surface area (Å²) >= 11 is 0. The lowest BCUT2D eigenvalue weighted by molar-refractivity contribution is -0.136. The fourth-order valence-corrected chi connectivity index (χ4v) is 4.52. The highest BCUT2D eigenvalue weighted by molar-refractivity contribution is 5.94. The molecule has 2 aromatic carbocycles. The number of aryl methyl sites for hydroxylation is 1. The first kappa shape index (κ1) is 27.4. The average Bonchev–Trinajstić information content (AvgIpc) is 3.23. The van der Waals surface area contributed by atoms with Crippen LogP contribution in [0.25, 0.3) is 11.0 Å². The van der Waals surface area contributed by atoms with Gasteiger partial charge in [-0.1, -0.05) is 32.4 Å². The molecule has 0 fully saturated rings. The third kappa shape index (κ3) is 6.93. The van der Waals surface area contributed by atoms with Crippen LogP contribution in [-0.4, -0.2) is 44.9 Å². The van der Waals surface area contributed by atoms with Gasteiger partial charge in [0, 0.05) is 30.6 Å². The van der Waals surface area contributed by atoms with Gasteiger partial charge in [-0.25, -0.2) is 9.37 Å². The van der Waals surface area contributed by atoms with Crippen LogP contribution < -0.4 is 5.32 Å². The Morgan fingerprint density at radius 3 is 2.31 bits per heavy atom. The number of carbonyl (C=O) groups is 2. The van der Waals surface area contributed by atoms with E-state index in [9.17, 15) is 14.0 Å². The van der Waals surface area contributed by atoms with Crippen LogP contribution in [0.4, 0.5) is 4.39 Å². The molecule has 0 aliphatic carbocycles. The number of nitrogens with zero attached hydrogens (tertiary/aromatic N) is 3. The Labute approximate surface area is 213 Å². The molecule has 7 heteroatoms. The Morgan fingerprint density at radius 2 is 1.64 bits per heavy atom. The molecular weight excluding hydrogens is 455 g/mol. The number of rotatable bonds is 13. The summed E-state index contributed by atoms with van der Waals surface area (Å²) in [5.74, 6) is 0.508. The summed E-state index contributed by atoms with van der Waals surface area (Å²) < 4.78 is 15.1.